The fourth-order valence-electron chi connectivity index (χ4n) is 1.49. The van der Waals surface area contributed by atoms with Crippen LogP contribution >= 0.6 is 0 Å². The fraction of sp³-hybridized carbons (Fsp3) is 0.0909. The summed E-state index contributed by atoms with van der Waals surface area (Å²) in [7, 11) is -3.84. The lowest BCUT2D eigenvalue weighted by Gasteiger charge is -2.10. The first-order chi connectivity index (χ1) is 9.03. The van der Waals surface area contributed by atoms with Crippen molar-refractivity contribution in [2.24, 2.45) is 5.84 Å². The van der Waals surface area contributed by atoms with Gasteiger partial charge in [-0.3, -0.25) is 10.6 Å². The molecule has 2 heterocycles. The molecule has 0 saturated heterocycles. The quantitative estimate of drug-likeness (QED) is 0.566. The van der Waals surface area contributed by atoms with Gasteiger partial charge in [0.2, 0.25) is 5.03 Å². The Hall–Kier alpha value is -2.19. The van der Waals surface area contributed by atoms with E-state index in [0.717, 1.165) is 5.56 Å². The first kappa shape index (κ1) is 13.2. The maximum absolute atomic E-state index is 12.2. The Labute approximate surface area is 110 Å². The molecule has 0 aromatic carbocycles. The summed E-state index contributed by atoms with van der Waals surface area (Å²) >= 11 is 0. The molecule has 0 unspecified atom stereocenters. The van der Waals surface area contributed by atoms with Crippen molar-refractivity contribution < 1.29 is 8.42 Å². The first-order valence-electron chi connectivity index (χ1n) is 5.40. The number of rotatable bonds is 4. The molecule has 2 aromatic heterocycles. The molecule has 100 valence electrons. The van der Waals surface area contributed by atoms with Crippen molar-refractivity contribution in [1.29, 1.82) is 0 Å². The third kappa shape index (κ3) is 2.98. The summed E-state index contributed by atoms with van der Waals surface area (Å²) in [5.41, 5.74) is 3.40. The number of nitrogen functional groups attached to an aromatic ring is 1. The molecule has 19 heavy (non-hydrogen) atoms. The largest absolute Gasteiger partial charge is 0.321 e. The van der Waals surface area contributed by atoms with Gasteiger partial charge in [0.1, 0.15) is 5.82 Å². The summed E-state index contributed by atoms with van der Waals surface area (Å²) in [5, 5.41) is -0.180. The van der Waals surface area contributed by atoms with Crippen LogP contribution in [-0.4, -0.2) is 18.4 Å². The van der Waals surface area contributed by atoms with Crippen molar-refractivity contribution in [3.63, 3.8) is 0 Å². The highest BCUT2D eigenvalue weighted by Crippen LogP contribution is 2.19. The molecule has 0 spiro atoms. The molecule has 2 aromatic rings. The molecule has 8 heteroatoms. The van der Waals surface area contributed by atoms with Crippen molar-refractivity contribution in [3.05, 3.63) is 42.2 Å². The summed E-state index contributed by atoms with van der Waals surface area (Å²) < 4.78 is 26.7. The van der Waals surface area contributed by atoms with Crippen LogP contribution in [0.1, 0.15) is 5.56 Å². The van der Waals surface area contributed by atoms with Gasteiger partial charge in [-0.2, -0.15) is 8.42 Å². The minimum Gasteiger partial charge on any atom is -0.321 e. The van der Waals surface area contributed by atoms with Crippen LogP contribution in [0, 0.1) is 6.92 Å². The van der Waals surface area contributed by atoms with Crippen molar-refractivity contribution >= 4 is 21.5 Å². The second kappa shape index (κ2) is 5.21. The number of nitrogens with zero attached hydrogens (tertiary/aromatic N) is 2. The minimum atomic E-state index is -3.84. The average molecular weight is 279 g/mol. The normalized spacial score (nSPS) is 11.1. The van der Waals surface area contributed by atoms with E-state index in [4.69, 9.17) is 5.84 Å². The van der Waals surface area contributed by atoms with E-state index in [1.807, 2.05) is 6.92 Å². The number of nitrogens with two attached hydrogens (primary N) is 1. The van der Waals surface area contributed by atoms with Gasteiger partial charge in [-0.25, -0.2) is 9.97 Å². The molecular weight excluding hydrogens is 266 g/mol. The fourth-order valence-corrected chi connectivity index (χ4v) is 2.59. The highest BCUT2D eigenvalue weighted by Gasteiger charge is 2.20. The molecule has 0 atom stereocenters. The van der Waals surface area contributed by atoms with E-state index in [-0.39, 0.29) is 16.5 Å². The van der Waals surface area contributed by atoms with Gasteiger partial charge >= 0.3 is 0 Å². The minimum absolute atomic E-state index is 0.180. The van der Waals surface area contributed by atoms with Gasteiger partial charge in [-0.1, -0.05) is 0 Å². The van der Waals surface area contributed by atoms with E-state index in [9.17, 15) is 8.42 Å². The van der Waals surface area contributed by atoms with Gasteiger partial charge in [0.05, 0.1) is 5.69 Å². The van der Waals surface area contributed by atoms with E-state index < -0.39 is 10.0 Å². The van der Waals surface area contributed by atoms with Crippen molar-refractivity contribution in [2.75, 3.05) is 10.1 Å². The van der Waals surface area contributed by atoms with Crippen LogP contribution in [0.2, 0.25) is 0 Å². The molecule has 0 aliphatic heterocycles. The summed E-state index contributed by atoms with van der Waals surface area (Å²) in [6, 6.07) is 6.49. The van der Waals surface area contributed by atoms with Gasteiger partial charge in [0.15, 0.2) is 0 Å². The second-order valence-corrected chi connectivity index (χ2v) is 5.42. The SMILES string of the molecule is Cc1ccnc(NS(=O)(=O)c2ncccc2NN)c1. The summed E-state index contributed by atoms with van der Waals surface area (Å²) in [6.45, 7) is 1.84. The summed E-state index contributed by atoms with van der Waals surface area (Å²) in [4.78, 5) is 7.76. The Bertz CT molecular complexity index is 687. The number of hydrazine groups is 1. The number of anilines is 2. The number of aromatic nitrogens is 2. The number of hydrogen-bond acceptors (Lipinski definition) is 6. The molecule has 0 aliphatic carbocycles. The average Bonchev–Trinajstić information content (AvgIpc) is 2.38. The van der Waals surface area contributed by atoms with Gasteiger partial charge < -0.3 is 5.43 Å². The number of sulfonamides is 1. The predicted molar refractivity (Wildman–Crippen MR) is 71.8 cm³/mol. The molecule has 0 saturated carbocycles. The van der Waals surface area contributed by atoms with E-state index in [0.29, 0.717) is 0 Å². The Morgan fingerprint density at radius 3 is 2.68 bits per heavy atom. The lowest BCUT2D eigenvalue weighted by atomic mass is 10.3. The monoisotopic (exact) mass is 279 g/mol. The standard InChI is InChI=1S/C11H13N5O2S/c1-8-4-6-13-10(7-8)16-19(17,18)11-9(15-12)3-2-5-14-11/h2-7,15H,12H2,1H3,(H,13,16). The maximum Gasteiger partial charge on any atom is 0.282 e. The van der Waals surface area contributed by atoms with Crippen molar-refractivity contribution in [2.45, 2.75) is 11.9 Å². The van der Waals surface area contributed by atoms with E-state index in [2.05, 4.69) is 20.1 Å². The van der Waals surface area contributed by atoms with E-state index in [1.165, 1.54) is 18.5 Å². The van der Waals surface area contributed by atoms with Gasteiger partial charge in [-0.15, -0.1) is 0 Å². The topological polar surface area (TPSA) is 110 Å². The number of aryl methyl sites for hydroxylation is 1. The Morgan fingerprint density at radius 1 is 1.21 bits per heavy atom. The number of nitrogens with one attached hydrogen (secondary N) is 2. The second-order valence-electron chi connectivity index (χ2n) is 3.82. The molecular formula is C11H13N5O2S. The highest BCUT2D eigenvalue weighted by atomic mass is 32.2. The smallest absolute Gasteiger partial charge is 0.282 e. The molecule has 0 aliphatic rings. The van der Waals surface area contributed by atoms with Gasteiger partial charge in [0, 0.05) is 12.4 Å². The third-order valence-corrected chi connectivity index (χ3v) is 3.65. The van der Waals surface area contributed by atoms with Crippen molar-refractivity contribution in [1.82, 2.24) is 9.97 Å². The van der Waals surface area contributed by atoms with Crippen LogP contribution in [0.5, 0.6) is 0 Å². The molecule has 0 radical (unpaired) electrons. The van der Waals surface area contributed by atoms with Crippen molar-refractivity contribution in [3.8, 4) is 0 Å². The molecule has 0 fully saturated rings. The van der Waals surface area contributed by atoms with E-state index >= 15 is 0 Å². The zero-order valence-corrected chi connectivity index (χ0v) is 11.0. The van der Waals surface area contributed by atoms with Crippen LogP contribution in [0.25, 0.3) is 0 Å². The molecule has 0 amide bonds. The van der Waals surface area contributed by atoms with Crippen LogP contribution in [0.3, 0.4) is 0 Å². The molecule has 4 N–H and O–H groups in total. The van der Waals surface area contributed by atoms with Crippen LogP contribution < -0.4 is 16.0 Å². The number of hydrogen-bond donors (Lipinski definition) is 3. The Kier molecular flexibility index (Phi) is 3.63. The van der Waals surface area contributed by atoms with Crippen LogP contribution in [-0.2, 0) is 10.0 Å². The number of pyridine rings is 2. The zero-order valence-electron chi connectivity index (χ0n) is 10.2. The highest BCUT2D eigenvalue weighted by molar-refractivity contribution is 7.92. The van der Waals surface area contributed by atoms with Crippen LogP contribution in [0.4, 0.5) is 11.5 Å². The van der Waals surface area contributed by atoms with Crippen LogP contribution in [0.15, 0.2) is 41.7 Å². The first-order valence-corrected chi connectivity index (χ1v) is 6.88. The van der Waals surface area contributed by atoms with Gasteiger partial charge in [0.25, 0.3) is 10.0 Å². The van der Waals surface area contributed by atoms with E-state index in [1.54, 1.807) is 18.2 Å². The lowest BCUT2D eigenvalue weighted by molar-refractivity contribution is 0.597. The molecule has 7 nitrogen and oxygen atoms in total. The van der Waals surface area contributed by atoms with Gasteiger partial charge in [-0.05, 0) is 36.8 Å². The summed E-state index contributed by atoms with van der Waals surface area (Å²) in [6.07, 6.45) is 2.90. The summed E-state index contributed by atoms with van der Waals surface area (Å²) in [5.74, 6) is 5.50. The maximum atomic E-state index is 12.2. The Morgan fingerprint density at radius 2 is 2.00 bits per heavy atom. The zero-order chi connectivity index (χ0) is 13.9. The lowest BCUT2D eigenvalue weighted by Crippen LogP contribution is -2.19. The Balaban J connectivity index is 2.38. The molecule has 2 rings (SSSR count). The molecule has 0 bridgehead atoms. The third-order valence-electron chi connectivity index (χ3n) is 2.34. The predicted octanol–water partition coefficient (Wildman–Crippen LogP) is 0.871.